The average molecular weight is 234 g/mol. The van der Waals surface area contributed by atoms with Gasteiger partial charge in [0.2, 0.25) is 0 Å². The van der Waals surface area contributed by atoms with Crippen LogP contribution in [0.25, 0.3) is 0 Å². The molecule has 0 N–H and O–H groups in total. The molecular weight excluding hydrogens is 212 g/mol. The third-order valence-electron chi connectivity index (χ3n) is 3.13. The van der Waals surface area contributed by atoms with Crippen LogP contribution in [0, 0.1) is 0 Å². The molecule has 2 heteroatoms. The lowest BCUT2D eigenvalue weighted by Gasteiger charge is -2.39. The van der Waals surface area contributed by atoms with Crippen LogP contribution in [0.3, 0.4) is 0 Å². The second kappa shape index (κ2) is 5.19. The van der Waals surface area contributed by atoms with E-state index in [9.17, 15) is 0 Å². The molecule has 1 aromatic rings. The molecular formula is C15H22O2. The Kier molecular flexibility index (Phi) is 3.85. The minimum atomic E-state index is -0.0612. The Morgan fingerprint density at radius 3 is 2.59 bits per heavy atom. The van der Waals surface area contributed by atoms with Crippen molar-refractivity contribution in [1.82, 2.24) is 0 Å². The first-order valence-electron chi connectivity index (χ1n) is 6.42. The summed E-state index contributed by atoms with van der Waals surface area (Å²) in [6.07, 6.45) is 3.13. The van der Waals surface area contributed by atoms with E-state index in [1.807, 2.05) is 6.07 Å². The van der Waals surface area contributed by atoms with Gasteiger partial charge in [0, 0.05) is 12.8 Å². The minimum absolute atomic E-state index is 0.0565. The van der Waals surface area contributed by atoms with Crippen LogP contribution in [-0.4, -0.2) is 18.0 Å². The van der Waals surface area contributed by atoms with Crippen molar-refractivity contribution in [3.8, 4) is 0 Å². The topological polar surface area (TPSA) is 18.5 Å². The highest BCUT2D eigenvalue weighted by Crippen LogP contribution is 2.29. The molecule has 0 amide bonds. The summed E-state index contributed by atoms with van der Waals surface area (Å²) in [5.74, 6) is 0. The van der Waals surface area contributed by atoms with E-state index in [4.69, 9.17) is 9.47 Å². The highest BCUT2D eigenvalue weighted by Gasteiger charge is 2.32. The molecule has 1 saturated heterocycles. The Labute approximate surface area is 104 Å². The maximum absolute atomic E-state index is 5.94. The summed E-state index contributed by atoms with van der Waals surface area (Å²) in [5.41, 5.74) is 1.29. The van der Waals surface area contributed by atoms with E-state index < -0.39 is 0 Å². The maximum Gasteiger partial charge on any atom is 0.158 e. The summed E-state index contributed by atoms with van der Waals surface area (Å²) in [7, 11) is 0. The zero-order valence-corrected chi connectivity index (χ0v) is 11.0. The Bertz CT molecular complexity index is 345. The monoisotopic (exact) mass is 234 g/mol. The smallest absolute Gasteiger partial charge is 0.158 e. The number of hydrogen-bond donors (Lipinski definition) is 0. The number of hydrogen-bond acceptors (Lipinski definition) is 2. The SMILES string of the molecule is C[C@H]1CC(C)(C)O[C@H](CCc2ccccc2)O1. The summed E-state index contributed by atoms with van der Waals surface area (Å²) in [4.78, 5) is 0. The molecule has 1 heterocycles. The Balaban J connectivity index is 1.87. The molecule has 1 fully saturated rings. The molecule has 0 spiro atoms. The number of aryl methyl sites for hydroxylation is 1. The number of ether oxygens (including phenoxy) is 2. The Hall–Kier alpha value is -0.860. The van der Waals surface area contributed by atoms with E-state index >= 15 is 0 Å². The summed E-state index contributed by atoms with van der Waals surface area (Å²) >= 11 is 0. The van der Waals surface area contributed by atoms with Gasteiger partial charge in [0.1, 0.15) is 0 Å². The van der Waals surface area contributed by atoms with Crippen LogP contribution in [0.1, 0.15) is 39.2 Å². The van der Waals surface area contributed by atoms with E-state index in [1.165, 1.54) is 5.56 Å². The number of rotatable bonds is 3. The fraction of sp³-hybridized carbons (Fsp3) is 0.600. The quantitative estimate of drug-likeness (QED) is 0.796. The molecule has 0 aliphatic carbocycles. The summed E-state index contributed by atoms with van der Waals surface area (Å²) in [6.45, 7) is 6.41. The van der Waals surface area contributed by atoms with Gasteiger partial charge in [-0.1, -0.05) is 30.3 Å². The van der Waals surface area contributed by atoms with Gasteiger partial charge in [-0.15, -0.1) is 0 Å². The predicted octanol–water partition coefficient (Wildman–Crippen LogP) is 3.55. The molecule has 2 atom stereocenters. The summed E-state index contributed by atoms with van der Waals surface area (Å²) in [5, 5.41) is 0. The van der Waals surface area contributed by atoms with Crippen LogP contribution in [-0.2, 0) is 15.9 Å². The van der Waals surface area contributed by atoms with Crippen LogP contribution < -0.4 is 0 Å². The van der Waals surface area contributed by atoms with E-state index in [0.29, 0.717) is 6.10 Å². The van der Waals surface area contributed by atoms with Crippen LogP contribution in [0.15, 0.2) is 30.3 Å². The molecule has 94 valence electrons. The van der Waals surface area contributed by atoms with Crippen molar-refractivity contribution in [3.63, 3.8) is 0 Å². The van der Waals surface area contributed by atoms with Crippen molar-refractivity contribution in [1.29, 1.82) is 0 Å². The van der Waals surface area contributed by atoms with Crippen molar-refractivity contribution >= 4 is 0 Å². The second-order valence-electron chi connectivity index (χ2n) is 5.48. The van der Waals surface area contributed by atoms with Gasteiger partial charge < -0.3 is 9.47 Å². The molecule has 0 saturated carbocycles. The zero-order chi connectivity index (χ0) is 12.3. The highest BCUT2D eigenvalue weighted by molar-refractivity contribution is 5.14. The zero-order valence-electron chi connectivity index (χ0n) is 11.0. The molecule has 1 aliphatic rings. The lowest BCUT2D eigenvalue weighted by Crippen LogP contribution is -2.43. The van der Waals surface area contributed by atoms with Gasteiger partial charge in [-0.2, -0.15) is 0 Å². The van der Waals surface area contributed by atoms with Crippen LogP contribution in [0.4, 0.5) is 0 Å². The van der Waals surface area contributed by atoms with Crippen LogP contribution in [0.2, 0.25) is 0 Å². The van der Waals surface area contributed by atoms with Gasteiger partial charge in [0.05, 0.1) is 11.7 Å². The molecule has 2 rings (SSSR count). The molecule has 2 nitrogen and oxygen atoms in total. The van der Waals surface area contributed by atoms with Crippen LogP contribution in [0.5, 0.6) is 0 Å². The van der Waals surface area contributed by atoms with Gasteiger partial charge in [-0.25, -0.2) is 0 Å². The summed E-state index contributed by atoms with van der Waals surface area (Å²) in [6, 6.07) is 10.5. The molecule has 0 unspecified atom stereocenters. The lowest BCUT2D eigenvalue weighted by molar-refractivity contribution is -0.270. The van der Waals surface area contributed by atoms with Gasteiger partial charge in [0.25, 0.3) is 0 Å². The van der Waals surface area contributed by atoms with Crippen LogP contribution >= 0.6 is 0 Å². The standard InChI is InChI=1S/C15H22O2/c1-12-11-15(2,3)17-14(16-12)10-9-13-7-5-4-6-8-13/h4-8,12,14H,9-11H2,1-3H3/t12-,14+/m0/s1. The van der Waals surface area contributed by atoms with E-state index in [2.05, 4.69) is 45.0 Å². The molecule has 1 aliphatic heterocycles. The molecule has 17 heavy (non-hydrogen) atoms. The summed E-state index contributed by atoms with van der Waals surface area (Å²) < 4.78 is 11.8. The first kappa shape index (κ1) is 12.6. The largest absolute Gasteiger partial charge is 0.350 e. The second-order valence-corrected chi connectivity index (χ2v) is 5.48. The Morgan fingerprint density at radius 1 is 1.24 bits per heavy atom. The highest BCUT2D eigenvalue weighted by atomic mass is 16.7. The van der Waals surface area contributed by atoms with Crippen molar-refractivity contribution in [2.24, 2.45) is 0 Å². The average Bonchev–Trinajstić information content (AvgIpc) is 2.25. The Morgan fingerprint density at radius 2 is 1.94 bits per heavy atom. The lowest BCUT2D eigenvalue weighted by atomic mass is 9.99. The normalized spacial score (nSPS) is 27.9. The van der Waals surface area contributed by atoms with Crippen molar-refractivity contribution in [2.75, 3.05) is 0 Å². The predicted molar refractivity (Wildman–Crippen MR) is 68.9 cm³/mol. The van der Waals surface area contributed by atoms with Crippen molar-refractivity contribution < 1.29 is 9.47 Å². The van der Waals surface area contributed by atoms with Gasteiger partial charge in [-0.05, 0) is 32.8 Å². The first-order valence-corrected chi connectivity index (χ1v) is 6.42. The third kappa shape index (κ3) is 3.83. The third-order valence-corrected chi connectivity index (χ3v) is 3.13. The van der Waals surface area contributed by atoms with Gasteiger partial charge >= 0.3 is 0 Å². The molecule has 0 aromatic heterocycles. The van der Waals surface area contributed by atoms with E-state index in [0.717, 1.165) is 19.3 Å². The fourth-order valence-electron chi connectivity index (χ4n) is 2.49. The van der Waals surface area contributed by atoms with E-state index in [1.54, 1.807) is 0 Å². The van der Waals surface area contributed by atoms with Gasteiger partial charge in [-0.3, -0.25) is 0 Å². The number of benzene rings is 1. The minimum Gasteiger partial charge on any atom is -0.350 e. The molecule has 0 bridgehead atoms. The molecule has 1 aromatic carbocycles. The van der Waals surface area contributed by atoms with Crippen molar-refractivity contribution in [2.45, 2.75) is 58.0 Å². The first-order chi connectivity index (χ1) is 8.05. The van der Waals surface area contributed by atoms with Crippen molar-refractivity contribution in [3.05, 3.63) is 35.9 Å². The molecule has 0 radical (unpaired) electrons. The fourth-order valence-corrected chi connectivity index (χ4v) is 2.49. The van der Waals surface area contributed by atoms with Gasteiger partial charge in [0.15, 0.2) is 6.29 Å². The van der Waals surface area contributed by atoms with E-state index in [-0.39, 0.29) is 11.9 Å². The maximum atomic E-state index is 5.94.